The molecule has 0 aliphatic rings. The van der Waals surface area contributed by atoms with E-state index in [1.165, 1.54) is 4.46 Å². The van der Waals surface area contributed by atoms with Crippen molar-refractivity contribution in [2.24, 2.45) is 5.92 Å². The van der Waals surface area contributed by atoms with E-state index in [4.69, 9.17) is 0 Å². The molecular weight excluding hydrogens is 227 g/mol. The molecule has 1 atom stereocenters. The Kier molecular flexibility index (Phi) is 4.51. The first-order valence-corrected chi connectivity index (χ1v) is 6.63. The van der Waals surface area contributed by atoms with Gasteiger partial charge in [-0.25, -0.2) is 0 Å². The molecular formula is C11H16OSe. The van der Waals surface area contributed by atoms with Crippen LogP contribution < -0.4 is 4.46 Å². The van der Waals surface area contributed by atoms with E-state index in [-0.39, 0.29) is 6.10 Å². The molecule has 1 N–H and O–H groups in total. The molecule has 1 nitrogen and oxygen atoms in total. The van der Waals surface area contributed by atoms with Gasteiger partial charge in [0, 0.05) is 0 Å². The monoisotopic (exact) mass is 244 g/mol. The molecule has 1 aromatic rings. The molecule has 0 radical (unpaired) electrons. The van der Waals surface area contributed by atoms with Gasteiger partial charge in [0.05, 0.1) is 0 Å². The van der Waals surface area contributed by atoms with Gasteiger partial charge in [0.25, 0.3) is 0 Å². The van der Waals surface area contributed by atoms with Crippen molar-refractivity contribution in [1.82, 2.24) is 0 Å². The molecule has 0 saturated carbocycles. The Labute approximate surface area is 86.3 Å². The molecule has 0 amide bonds. The van der Waals surface area contributed by atoms with E-state index < -0.39 is 0 Å². The summed E-state index contributed by atoms with van der Waals surface area (Å²) in [5.74, 6) is 0.380. The number of aliphatic hydroxyl groups excluding tert-OH is 1. The SMILES string of the molecule is CC(C)[C@@H](O)C[Se]c1ccccc1. The summed E-state index contributed by atoms with van der Waals surface area (Å²) in [6.07, 6.45) is -0.139. The molecule has 0 unspecified atom stereocenters. The Bertz CT molecular complexity index is 233. The van der Waals surface area contributed by atoms with Crippen molar-refractivity contribution in [1.29, 1.82) is 0 Å². The van der Waals surface area contributed by atoms with Crippen LogP contribution in [-0.2, 0) is 0 Å². The molecule has 72 valence electrons. The molecule has 1 aromatic carbocycles. The van der Waals surface area contributed by atoms with Crippen molar-refractivity contribution in [2.75, 3.05) is 0 Å². The van der Waals surface area contributed by atoms with Crippen molar-refractivity contribution >= 4 is 19.4 Å². The Hall–Kier alpha value is -0.301. The fourth-order valence-corrected chi connectivity index (χ4v) is 3.19. The summed E-state index contributed by atoms with van der Waals surface area (Å²) in [7, 11) is 0. The van der Waals surface area contributed by atoms with Crippen molar-refractivity contribution in [3.05, 3.63) is 30.3 Å². The van der Waals surface area contributed by atoms with Crippen LogP contribution in [0.15, 0.2) is 30.3 Å². The number of rotatable bonds is 4. The second-order valence-electron chi connectivity index (χ2n) is 3.44. The Morgan fingerprint density at radius 3 is 2.38 bits per heavy atom. The van der Waals surface area contributed by atoms with E-state index in [1.807, 2.05) is 6.07 Å². The molecule has 2 heteroatoms. The molecule has 0 saturated heterocycles. The quantitative estimate of drug-likeness (QED) is 0.794. The fraction of sp³-hybridized carbons (Fsp3) is 0.455. The summed E-state index contributed by atoms with van der Waals surface area (Å²) in [6.45, 7) is 4.12. The van der Waals surface area contributed by atoms with Gasteiger partial charge >= 0.3 is 86.0 Å². The summed E-state index contributed by atoms with van der Waals surface area (Å²) >= 11 is 0.422. The van der Waals surface area contributed by atoms with Crippen molar-refractivity contribution in [3.63, 3.8) is 0 Å². The minimum atomic E-state index is -0.139. The van der Waals surface area contributed by atoms with Gasteiger partial charge in [0.15, 0.2) is 0 Å². The van der Waals surface area contributed by atoms with Crippen LogP contribution in [0.25, 0.3) is 0 Å². The summed E-state index contributed by atoms with van der Waals surface area (Å²) in [5, 5.41) is 10.5. The maximum absolute atomic E-state index is 9.60. The number of hydrogen-bond donors (Lipinski definition) is 1. The molecule has 0 fully saturated rings. The van der Waals surface area contributed by atoms with Crippen LogP contribution in [0.5, 0.6) is 0 Å². The summed E-state index contributed by atoms with van der Waals surface area (Å²) in [5.41, 5.74) is 0. The van der Waals surface area contributed by atoms with Gasteiger partial charge < -0.3 is 0 Å². The van der Waals surface area contributed by atoms with Crippen LogP contribution >= 0.6 is 0 Å². The second kappa shape index (κ2) is 5.43. The molecule has 0 bridgehead atoms. The van der Waals surface area contributed by atoms with Crippen molar-refractivity contribution in [2.45, 2.75) is 25.3 Å². The van der Waals surface area contributed by atoms with Gasteiger partial charge in [-0.3, -0.25) is 0 Å². The topological polar surface area (TPSA) is 20.2 Å². The fourth-order valence-electron chi connectivity index (χ4n) is 0.891. The first-order valence-electron chi connectivity index (χ1n) is 4.56. The van der Waals surface area contributed by atoms with Crippen LogP contribution in [0.2, 0.25) is 5.32 Å². The number of hydrogen-bond acceptors (Lipinski definition) is 1. The maximum atomic E-state index is 9.60. The van der Waals surface area contributed by atoms with E-state index in [2.05, 4.69) is 38.1 Å². The standard InChI is InChI=1S/C11H16OSe/c1-9(2)11(12)8-13-10-6-4-3-5-7-10/h3-7,9,11-12H,8H2,1-2H3/t11-/m0/s1. The van der Waals surface area contributed by atoms with Crippen molar-refractivity contribution in [3.8, 4) is 0 Å². The van der Waals surface area contributed by atoms with Gasteiger partial charge in [0.1, 0.15) is 0 Å². The third kappa shape index (κ3) is 3.95. The van der Waals surface area contributed by atoms with Crippen LogP contribution in [0, 0.1) is 5.92 Å². The van der Waals surface area contributed by atoms with Gasteiger partial charge in [-0.1, -0.05) is 0 Å². The predicted octanol–water partition coefficient (Wildman–Crippen LogP) is 1.45. The number of aliphatic hydroxyl groups is 1. The second-order valence-corrected chi connectivity index (χ2v) is 5.73. The van der Waals surface area contributed by atoms with E-state index in [9.17, 15) is 5.11 Å². The first-order chi connectivity index (χ1) is 6.20. The molecule has 0 aliphatic carbocycles. The van der Waals surface area contributed by atoms with Crippen molar-refractivity contribution < 1.29 is 5.11 Å². The molecule has 0 heterocycles. The Balaban J connectivity index is 2.35. The van der Waals surface area contributed by atoms with E-state index in [0.29, 0.717) is 20.9 Å². The Morgan fingerprint density at radius 1 is 1.23 bits per heavy atom. The number of benzene rings is 1. The van der Waals surface area contributed by atoms with Gasteiger partial charge in [-0.15, -0.1) is 0 Å². The predicted molar refractivity (Wildman–Crippen MR) is 57.5 cm³/mol. The minimum absolute atomic E-state index is 0.139. The average Bonchev–Trinajstić information content (AvgIpc) is 2.15. The zero-order valence-corrected chi connectivity index (χ0v) is 9.82. The normalized spacial score (nSPS) is 13.2. The van der Waals surface area contributed by atoms with Gasteiger partial charge in [0.2, 0.25) is 0 Å². The summed E-state index contributed by atoms with van der Waals surface area (Å²) in [6, 6.07) is 10.4. The first kappa shape index (κ1) is 10.8. The zero-order valence-electron chi connectivity index (χ0n) is 8.10. The van der Waals surface area contributed by atoms with Gasteiger partial charge in [-0.05, 0) is 0 Å². The van der Waals surface area contributed by atoms with Crippen LogP contribution in [0.1, 0.15) is 13.8 Å². The zero-order chi connectivity index (χ0) is 9.68. The molecule has 0 aromatic heterocycles. The Morgan fingerprint density at radius 2 is 1.85 bits per heavy atom. The van der Waals surface area contributed by atoms with E-state index in [1.54, 1.807) is 0 Å². The summed E-state index contributed by atoms with van der Waals surface area (Å²) in [4.78, 5) is 0. The van der Waals surface area contributed by atoms with Crippen LogP contribution in [-0.4, -0.2) is 26.2 Å². The van der Waals surface area contributed by atoms with Gasteiger partial charge in [-0.2, -0.15) is 0 Å². The molecule has 13 heavy (non-hydrogen) atoms. The van der Waals surface area contributed by atoms with Crippen LogP contribution in [0.3, 0.4) is 0 Å². The third-order valence-electron chi connectivity index (χ3n) is 1.93. The molecule has 0 spiro atoms. The van der Waals surface area contributed by atoms with Crippen LogP contribution in [0.4, 0.5) is 0 Å². The third-order valence-corrected chi connectivity index (χ3v) is 4.27. The molecule has 0 aliphatic heterocycles. The average molecular weight is 243 g/mol. The summed E-state index contributed by atoms with van der Waals surface area (Å²) < 4.78 is 1.37. The van der Waals surface area contributed by atoms with E-state index in [0.717, 1.165) is 5.32 Å². The van der Waals surface area contributed by atoms with E-state index >= 15 is 0 Å². The molecule has 1 rings (SSSR count).